The van der Waals surface area contributed by atoms with Gasteiger partial charge in [0.2, 0.25) is 5.95 Å². The average Bonchev–Trinajstić information content (AvgIpc) is 3.07. The van der Waals surface area contributed by atoms with Crippen LogP contribution in [0.25, 0.3) is 0 Å². The van der Waals surface area contributed by atoms with E-state index in [4.69, 9.17) is 0 Å². The number of benzene rings is 1. The van der Waals surface area contributed by atoms with Crippen LogP contribution in [0.3, 0.4) is 0 Å². The minimum atomic E-state index is -0.121. The van der Waals surface area contributed by atoms with E-state index >= 15 is 0 Å². The van der Waals surface area contributed by atoms with Crippen molar-refractivity contribution < 1.29 is 4.79 Å². The van der Waals surface area contributed by atoms with E-state index in [1.807, 2.05) is 32.0 Å². The van der Waals surface area contributed by atoms with Crippen LogP contribution >= 0.6 is 0 Å². The zero-order chi connectivity index (χ0) is 17.6. The molecular weight excluding hydrogens is 316 g/mol. The van der Waals surface area contributed by atoms with E-state index < -0.39 is 0 Å². The molecule has 0 aliphatic rings. The molecule has 0 unspecified atom stereocenters. The molecule has 7 heteroatoms. The van der Waals surface area contributed by atoms with E-state index in [1.54, 1.807) is 24.7 Å². The molecule has 0 saturated heterocycles. The number of aromatic nitrogens is 4. The number of amides is 1. The summed E-state index contributed by atoms with van der Waals surface area (Å²) in [5.74, 6) is 0.402. The number of carbonyl (C=O) groups excluding carboxylic acids is 1. The summed E-state index contributed by atoms with van der Waals surface area (Å²) in [5, 5.41) is 6.04. The van der Waals surface area contributed by atoms with Crippen molar-refractivity contribution in [2.45, 2.75) is 20.3 Å². The standard InChI is InChI=1S/C18H20N6O/c1-12-8-13(2)23-18(22-12)24-15-5-3-4-14(9-15)17(25)20-7-6-16-10-19-11-21-16/h3-5,8-11H,6-7H2,1-2H3,(H,19,21)(H,20,25)(H,22,23,24). The lowest BCUT2D eigenvalue weighted by atomic mass is 10.2. The fourth-order valence-corrected chi connectivity index (χ4v) is 2.48. The van der Waals surface area contributed by atoms with Gasteiger partial charge in [-0.15, -0.1) is 0 Å². The number of nitrogens with one attached hydrogen (secondary N) is 3. The van der Waals surface area contributed by atoms with E-state index in [0.717, 1.165) is 22.8 Å². The predicted molar refractivity (Wildman–Crippen MR) is 95.9 cm³/mol. The summed E-state index contributed by atoms with van der Waals surface area (Å²) in [6.45, 7) is 4.38. The Balaban J connectivity index is 1.63. The first-order valence-corrected chi connectivity index (χ1v) is 8.05. The fraction of sp³-hybridized carbons (Fsp3) is 0.222. The van der Waals surface area contributed by atoms with Crippen molar-refractivity contribution in [1.29, 1.82) is 0 Å². The third-order valence-electron chi connectivity index (χ3n) is 3.60. The van der Waals surface area contributed by atoms with Crippen LogP contribution in [0.2, 0.25) is 0 Å². The van der Waals surface area contributed by atoms with Gasteiger partial charge in [-0.05, 0) is 38.1 Å². The first kappa shape index (κ1) is 16.6. The van der Waals surface area contributed by atoms with Crippen molar-refractivity contribution in [2.24, 2.45) is 0 Å². The number of aromatic amines is 1. The Morgan fingerprint density at radius 1 is 1.16 bits per heavy atom. The van der Waals surface area contributed by atoms with E-state index in [1.165, 1.54) is 0 Å². The summed E-state index contributed by atoms with van der Waals surface area (Å²) in [7, 11) is 0. The topological polar surface area (TPSA) is 95.6 Å². The molecule has 25 heavy (non-hydrogen) atoms. The van der Waals surface area contributed by atoms with Crippen LogP contribution in [-0.4, -0.2) is 32.4 Å². The molecular formula is C18H20N6O. The van der Waals surface area contributed by atoms with Gasteiger partial charge in [0.25, 0.3) is 5.91 Å². The smallest absolute Gasteiger partial charge is 0.251 e. The van der Waals surface area contributed by atoms with Gasteiger partial charge < -0.3 is 15.6 Å². The van der Waals surface area contributed by atoms with Gasteiger partial charge in [-0.2, -0.15) is 0 Å². The summed E-state index contributed by atoms with van der Waals surface area (Å²) < 4.78 is 0. The Bertz CT molecular complexity index is 840. The van der Waals surface area contributed by atoms with E-state index in [2.05, 4.69) is 30.6 Å². The van der Waals surface area contributed by atoms with Gasteiger partial charge in [0.05, 0.1) is 6.33 Å². The van der Waals surface area contributed by atoms with Gasteiger partial charge in [0, 0.05) is 47.5 Å². The molecule has 1 amide bonds. The molecule has 0 fully saturated rings. The number of hydrogen-bond acceptors (Lipinski definition) is 5. The summed E-state index contributed by atoms with van der Waals surface area (Å²) in [6, 6.07) is 9.18. The fourth-order valence-electron chi connectivity index (χ4n) is 2.48. The maximum absolute atomic E-state index is 12.3. The first-order chi connectivity index (χ1) is 12.1. The lowest BCUT2D eigenvalue weighted by Crippen LogP contribution is -2.25. The third-order valence-corrected chi connectivity index (χ3v) is 3.60. The van der Waals surface area contributed by atoms with Crippen molar-refractivity contribution >= 4 is 17.5 Å². The zero-order valence-electron chi connectivity index (χ0n) is 14.2. The molecule has 0 aliphatic carbocycles. The van der Waals surface area contributed by atoms with Gasteiger partial charge >= 0.3 is 0 Å². The van der Waals surface area contributed by atoms with E-state index in [-0.39, 0.29) is 5.91 Å². The molecule has 3 rings (SSSR count). The Labute approximate surface area is 145 Å². The maximum Gasteiger partial charge on any atom is 0.251 e. The van der Waals surface area contributed by atoms with E-state index in [0.29, 0.717) is 24.5 Å². The number of anilines is 2. The molecule has 0 spiro atoms. The highest BCUT2D eigenvalue weighted by atomic mass is 16.1. The van der Waals surface area contributed by atoms with Crippen LogP contribution in [-0.2, 0) is 6.42 Å². The normalized spacial score (nSPS) is 10.5. The number of aryl methyl sites for hydroxylation is 2. The molecule has 0 aliphatic heterocycles. The maximum atomic E-state index is 12.3. The van der Waals surface area contributed by atoms with Gasteiger partial charge in [-0.3, -0.25) is 4.79 Å². The van der Waals surface area contributed by atoms with Crippen LogP contribution in [0, 0.1) is 13.8 Å². The molecule has 0 radical (unpaired) electrons. The van der Waals surface area contributed by atoms with Crippen molar-refractivity contribution in [3.05, 3.63) is 65.5 Å². The monoisotopic (exact) mass is 336 g/mol. The molecule has 0 bridgehead atoms. The summed E-state index contributed by atoms with van der Waals surface area (Å²) in [4.78, 5) is 28.0. The van der Waals surface area contributed by atoms with Gasteiger partial charge in [0.15, 0.2) is 0 Å². The molecule has 3 aromatic rings. The molecule has 2 heterocycles. The van der Waals surface area contributed by atoms with Gasteiger partial charge in [0.1, 0.15) is 0 Å². The van der Waals surface area contributed by atoms with Crippen LogP contribution in [0.15, 0.2) is 42.9 Å². The number of nitrogens with zero attached hydrogens (tertiary/aromatic N) is 3. The van der Waals surface area contributed by atoms with Crippen molar-refractivity contribution in [2.75, 3.05) is 11.9 Å². The number of carbonyl (C=O) groups is 1. The van der Waals surface area contributed by atoms with Gasteiger partial charge in [-0.25, -0.2) is 15.0 Å². The van der Waals surface area contributed by atoms with Crippen LogP contribution < -0.4 is 10.6 Å². The SMILES string of the molecule is Cc1cc(C)nc(Nc2cccc(C(=O)NCCc3cnc[nH]3)c2)n1. The van der Waals surface area contributed by atoms with Crippen molar-refractivity contribution in [1.82, 2.24) is 25.3 Å². The number of H-pyrrole nitrogens is 1. The second-order valence-electron chi connectivity index (χ2n) is 5.76. The molecule has 3 N–H and O–H groups in total. The number of rotatable bonds is 6. The second kappa shape index (κ2) is 7.57. The highest BCUT2D eigenvalue weighted by molar-refractivity contribution is 5.95. The Kier molecular flexibility index (Phi) is 5.03. The molecule has 0 atom stereocenters. The molecule has 0 saturated carbocycles. The van der Waals surface area contributed by atoms with Crippen LogP contribution in [0.5, 0.6) is 0 Å². The Morgan fingerprint density at radius 2 is 1.96 bits per heavy atom. The molecule has 1 aromatic carbocycles. The van der Waals surface area contributed by atoms with Gasteiger partial charge in [-0.1, -0.05) is 6.07 Å². The number of hydrogen-bond donors (Lipinski definition) is 3. The molecule has 7 nitrogen and oxygen atoms in total. The largest absolute Gasteiger partial charge is 0.352 e. The molecule has 2 aromatic heterocycles. The first-order valence-electron chi connectivity index (χ1n) is 8.05. The van der Waals surface area contributed by atoms with Crippen molar-refractivity contribution in [3.63, 3.8) is 0 Å². The summed E-state index contributed by atoms with van der Waals surface area (Å²) >= 11 is 0. The second-order valence-corrected chi connectivity index (χ2v) is 5.76. The average molecular weight is 336 g/mol. The van der Waals surface area contributed by atoms with Crippen LogP contribution in [0.4, 0.5) is 11.6 Å². The summed E-state index contributed by atoms with van der Waals surface area (Å²) in [5.41, 5.74) is 4.12. The van der Waals surface area contributed by atoms with Crippen LogP contribution in [0.1, 0.15) is 27.4 Å². The number of imidazole rings is 1. The Hall–Kier alpha value is -3.22. The lowest BCUT2D eigenvalue weighted by Gasteiger charge is -2.09. The lowest BCUT2D eigenvalue weighted by molar-refractivity contribution is 0.0954. The zero-order valence-corrected chi connectivity index (χ0v) is 14.2. The quantitative estimate of drug-likeness (QED) is 0.643. The third kappa shape index (κ3) is 4.63. The highest BCUT2D eigenvalue weighted by Crippen LogP contribution is 2.15. The molecule has 128 valence electrons. The summed E-state index contributed by atoms with van der Waals surface area (Å²) in [6.07, 6.45) is 4.09. The highest BCUT2D eigenvalue weighted by Gasteiger charge is 2.07. The minimum Gasteiger partial charge on any atom is -0.352 e. The Morgan fingerprint density at radius 3 is 2.68 bits per heavy atom. The predicted octanol–water partition coefficient (Wildman–Crippen LogP) is 2.53. The van der Waals surface area contributed by atoms with Crippen molar-refractivity contribution in [3.8, 4) is 0 Å². The van der Waals surface area contributed by atoms with E-state index in [9.17, 15) is 4.79 Å². The minimum absolute atomic E-state index is 0.121.